The summed E-state index contributed by atoms with van der Waals surface area (Å²) in [7, 11) is 0. The molecule has 0 unspecified atom stereocenters. The lowest BCUT2D eigenvalue weighted by Gasteiger charge is -2.32. The zero-order chi connectivity index (χ0) is 16.6. The van der Waals surface area contributed by atoms with Gasteiger partial charge in [0, 0.05) is 11.1 Å². The molecule has 0 atom stereocenters. The molecule has 1 heteroatoms. The molecule has 1 nitrogen and oxygen atoms in total. The third-order valence-electron chi connectivity index (χ3n) is 3.75. The van der Waals surface area contributed by atoms with Crippen LogP contribution in [0, 0.1) is 0 Å². The Hall–Kier alpha value is -0.980. The fourth-order valence-electron chi connectivity index (χ4n) is 2.46. The number of rotatable bonds is 3. The minimum atomic E-state index is 0.0785. The van der Waals surface area contributed by atoms with Gasteiger partial charge in [-0.05, 0) is 36.2 Å². The molecule has 1 aromatic rings. The average molecular weight is 290 g/mol. The van der Waals surface area contributed by atoms with Crippen molar-refractivity contribution in [3.8, 4) is 5.75 Å². The van der Waals surface area contributed by atoms with Crippen LogP contribution < -0.4 is 4.74 Å². The molecular formula is C20H34O. The van der Waals surface area contributed by atoms with E-state index in [1.807, 2.05) is 0 Å². The van der Waals surface area contributed by atoms with Crippen molar-refractivity contribution < 1.29 is 4.74 Å². The summed E-state index contributed by atoms with van der Waals surface area (Å²) in [6.45, 7) is 22.4. The van der Waals surface area contributed by atoms with E-state index in [-0.39, 0.29) is 16.9 Å². The maximum Gasteiger partial charge on any atom is 0.127 e. The molecule has 0 aliphatic rings. The first kappa shape index (κ1) is 18.1. The fourth-order valence-corrected chi connectivity index (χ4v) is 2.46. The summed E-state index contributed by atoms with van der Waals surface area (Å²) < 4.78 is 6.26. The third-order valence-corrected chi connectivity index (χ3v) is 3.75. The summed E-state index contributed by atoms with van der Waals surface area (Å²) in [4.78, 5) is 0. The van der Waals surface area contributed by atoms with Crippen LogP contribution in [0.15, 0.2) is 12.1 Å². The van der Waals surface area contributed by atoms with Gasteiger partial charge in [0.1, 0.15) is 5.75 Å². The predicted octanol–water partition coefficient (Wildman–Crippen LogP) is 6.19. The van der Waals surface area contributed by atoms with E-state index >= 15 is 0 Å². The SMILES string of the molecule is CC(C)Oc1c(C(C)(C)C)cc(C(C)C)cc1C(C)(C)C. The molecule has 0 heterocycles. The van der Waals surface area contributed by atoms with Crippen molar-refractivity contribution in [3.63, 3.8) is 0 Å². The minimum Gasteiger partial charge on any atom is -0.490 e. The minimum absolute atomic E-state index is 0.0785. The van der Waals surface area contributed by atoms with Crippen LogP contribution in [-0.2, 0) is 10.8 Å². The van der Waals surface area contributed by atoms with E-state index in [2.05, 4.69) is 81.4 Å². The van der Waals surface area contributed by atoms with Crippen molar-refractivity contribution in [2.75, 3.05) is 0 Å². The normalized spacial score (nSPS) is 13.1. The molecule has 0 bridgehead atoms. The van der Waals surface area contributed by atoms with Crippen LogP contribution in [0.25, 0.3) is 0 Å². The van der Waals surface area contributed by atoms with Gasteiger partial charge in [0.15, 0.2) is 0 Å². The quantitative estimate of drug-likeness (QED) is 0.644. The van der Waals surface area contributed by atoms with Gasteiger partial charge in [-0.15, -0.1) is 0 Å². The summed E-state index contributed by atoms with van der Waals surface area (Å²) in [5.41, 5.74) is 4.21. The first-order chi connectivity index (χ1) is 9.34. The van der Waals surface area contributed by atoms with Crippen LogP contribution in [0.3, 0.4) is 0 Å². The molecule has 0 saturated heterocycles. The highest BCUT2D eigenvalue weighted by molar-refractivity contribution is 5.51. The van der Waals surface area contributed by atoms with E-state index in [0.717, 1.165) is 5.75 Å². The Labute approximate surface area is 132 Å². The topological polar surface area (TPSA) is 9.23 Å². The Morgan fingerprint density at radius 3 is 1.38 bits per heavy atom. The van der Waals surface area contributed by atoms with Crippen LogP contribution in [0.4, 0.5) is 0 Å². The van der Waals surface area contributed by atoms with Crippen molar-refractivity contribution in [3.05, 3.63) is 28.8 Å². The molecule has 1 aromatic carbocycles. The molecular weight excluding hydrogens is 256 g/mol. The molecule has 0 aliphatic heterocycles. The van der Waals surface area contributed by atoms with E-state index in [1.54, 1.807) is 0 Å². The second-order valence-electron chi connectivity index (χ2n) is 8.77. The highest BCUT2D eigenvalue weighted by Gasteiger charge is 2.28. The highest BCUT2D eigenvalue weighted by Crippen LogP contribution is 2.42. The van der Waals surface area contributed by atoms with E-state index in [9.17, 15) is 0 Å². The van der Waals surface area contributed by atoms with Crippen LogP contribution >= 0.6 is 0 Å². The zero-order valence-corrected chi connectivity index (χ0v) is 15.7. The average Bonchev–Trinajstić information content (AvgIpc) is 2.24. The van der Waals surface area contributed by atoms with Crippen molar-refractivity contribution in [2.45, 2.75) is 92.1 Å². The molecule has 0 radical (unpaired) electrons. The summed E-state index contributed by atoms with van der Waals surface area (Å²) in [6, 6.07) is 4.69. The molecule has 21 heavy (non-hydrogen) atoms. The van der Waals surface area contributed by atoms with Crippen LogP contribution in [0.5, 0.6) is 5.75 Å². The van der Waals surface area contributed by atoms with Crippen molar-refractivity contribution >= 4 is 0 Å². The molecule has 0 fully saturated rings. The smallest absolute Gasteiger partial charge is 0.127 e. The molecule has 0 spiro atoms. The number of hydrogen-bond acceptors (Lipinski definition) is 1. The van der Waals surface area contributed by atoms with E-state index < -0.39 is 0 Å². The first-order valence-corrected chi connectivity index (χ1v) is 8.19. The van der Waals surface area contributed by atoms with Gasteiger partial charge in [0.25, 0.3) is 0 Å². The highest BCUT2D eigenvalue weighted by atomic mass is 16.5. The van der Waals surface area contributed by atoms with Gasteiger partial charge in [0.05, 0.1) is 6.10 Å². The number of hydrogen-bond donors (Lipinski definition) is 0. The summed E-state index contributed by atoms with van der Waals surface area (Å²) >= 11 is 0. The van der Waals surface area contributed by atoms with Crippen molar-refractivity contribution in [1.82, 2.24) is 0 Å². The molecule has 0 saturated carbocycles. The Balaban J connectivity index is 3.69. The lowest BCUT2D eigenvalue weighted by molar-refractivity contribution is 0.230. The molecule has 0 aliphatic carbocycles. The lowest BCUT2D eigenvalue weighted by atomic mass is 9.77. The third kappa shape index (κ3) is 4.49. The number of ether oxygens (including phenoxy) is 1. The van der Waals surface area contributed by atoms with Crippen LogP contribution in [0.2, 0.25) is 0 Å². The van der Waals surface area contributed by atoms with E-state index in [4.69, 9.17) is 4.74 Å². The molecule has 0 amide bonds. The van der Waals surface area contributed by atoms with E-state index in [0.29, 0.717) is 5.92 Å². The number of benzene rings is 1. The largest absolute Gasteiger partial charge is 0.490 e. The Morgan fingerprint density at radius 2 is 1.14 bits per heavy atom. The Morgan fingerprint density at radius 1 is 0.762 bits per heavy atom. The molecule has 0 N–H and O–H groups in total. The summed E-state index contributed by atoms with van der Waals surface area (Å²) in [6.07, 6.45) is 0.192. The Kier molecular flexibility index (Phi) is 5.18. The van der Waals surface area contributed by atoms with Crippen molar-refractivity contribution in [1.29, 1.82) is 0 Å². The predicted molar refractivity (Wildman–Crippen MR) is 93.7 cm³/mol. The van der Waals surface area contributed by atoms with E-state index in [1.165, 1.54) is 16.7 Å². The Bertz CT molecular complexity index is 447. The lowest BCUT2D eigenvalue weighted by Crippen LogP contribution is -2.22. The second-order valence-corrected chi connectivity index (χ2v) is 8.77. The van der Waals surface area contributed by atoms with Gasteiger partial charge in [0.2, 0.25) is 0 Å². The monoisotopic (exact) mass is 290 g/mol. The van der Waals surface area contributed by atoms with Gasteiger partial charge in [-0.3, -0.25) is 0 Å². The van der Waals surface area contributed by atoms with Gasteiger partial charge in [-0.1, -0.05) is 67.5 Å². The maximum atomic E-state index is 6.26. The zero-order valence-electron chi connectivity index (χ0n) is 15.7. The standard InChI is InChI=1S/C20H34O/c1-13(2)15-11-16(19(5,6)7)18(21-14(3)4)17(12-15)20(8,9)10/h11-14H,1-10H3. The van der Waals surface area contributed by atoms with Crippen molar-refractivity contribution in [2.24, 2.45) is 0 Å². The molecule has 120 valence electrons. The van der Waals surface area contributed by atoms with Crippen LogP contribution in [0.1, 0.15) is 91.8 Å². The first-order valence-electron chi connectivity index (χ1n) is 8.19. The second kappa shape index (κ2) is 6.02. The van der Waals surface area contributed by atoms with Gasteiger partial charge >= 0.3 is 0 Å². The fraction of sp³-hybridized carbons (Fsp3) is 0.700. The summed E-state index contributed by atoms with van der Waals surface area (Å²) in [5, 5.41) is 0. The molecule has 0 aromatic heterocycles. The van der Waals surface area contributed by atoms with Gasteiger partial charge in [-0.2, -0.15) is 0 Å². The summed E-state index contributed by atoms with van der Waals surface area (Å²) in [5.74, 6) is 1.62. The maximum absolute atomic E-state index is 6.26. The van der Waals surface area contributed by atoms with Gasteiger partial charge in [-0.25, -0.2) is 0 Å². The van der Waals surface area contributed by atoms with Crippen LogP contribution in [-0.4, -0.2) is 6.10 Å². The molecule has 1 rings (SSSR count). The van der Waals surface area contributed by atoms with Gasteiger partial charge < -0.3 is 4.74 Å².